The summed E-state index contributed by atoms with van der Waals surface area (Å²) in [4.78, 5) is 2.15. The van der Waals surface area contributed by atoms with Gasteiger partial charge in [-0.05, 0) is 6.42 Å². The second-order valence-corrected chi connectivity index (χ2v) is 7.08. The normalized spacial score (nSPS) is 10.9. The minimum Gasteiger partial charge on any atom is -0.377 e. The molecule has 0 atom stereocenters. The first-order valence-corrected chi connectivity index (χ1v) is 9.90. The first kappa shape index (κ1) is 20.0. The zero-order chi connectivity index (χ0) is 16.8. The smallest absolute Gasteiger partial charge is 0.170 e. The lowest BCUT2D eigenvalue weighted by atomic mass is 10.1. The summed E-state index contributed by atoms with van der Waals surface area (Å²) in [6.45, 7) is 3.45. The van der Waals surface area contributed by atoms with Crippen LogP contribution in [0.1, 0.15) is 84.0 Å². The summed E-state index contributed by atoms with van der Waals surface area (Å²) in [5.74, 6) is 0. The molecule has 2 heteroatoms. The van der Waals surface area contributed by atoms with Crippen molar-refractivity contribution >= 4 is 5.69 Å². The van der Waals surface area contributed by atoms with Crippen LogP contribution in [0.15, 0.2) is 24.5 Å². The van der Waals surface area contributed by atoms with Crippen molar-refractivity contribution in [3.8, 4) is 0 Å². The maximum atomic E-state index is 2.31. The van der Waals surface area contributed by atoms with Crippen LogP contribution in [0.3, 0.4) is 0 Å². The van der Waals surface area contributed by atoms with Crippen LogP contribution in [0.4, 0.5) is 5.69 Å². The van der Waals surface area contributed by atoms with E-state index in [9.17, 15) is 0 Å². The predicted molar refractivity (Wildman–Crippen MR) is 102 cm³/mol. The van der Waals surface area contributed by atoms with Gasteiger partial charge >= 0.3 is 0 Å². The van der Waals surface area contributed by atoms with Gasteiger partial charge in [-0.15, -0.1) is 0 Å². The van der Waals surface area contributed by atoms with Crippen LogP contribution in [0, 0.1) is 0 Å². The Morgan fingerprint density at radius 1 is 0.696 bits per heavy atom. The molecular weight excluding hydrogens is 280 g/mol. The van der Waals surface area contributed by atoms with Gasteiger partial charge in [-0.3, -0.25) is 0 Å². The lowest BCUT2D eigenvalue weighted by molar-refractivity contribution is -0.697. The van der Waals surface area contributed by atoms with E-state index >= 15 is 0 Å². The van der Waals surface area contributed by atoms with Gasteiger partial charge in [0.1, 0.15) is 6.54 Å². The summed E-state index contributed by atoms with van der Waals surface area (Å²) in [6, 6.07) is 4.39. The highest BCUT2D eigenvalue weighted by molar-refractivity contribution is 5.41. The summed E-state index contributed by atoms with van der Waals surface area (Å²) >= 11 is 0. The Balaban J connectivity index is 1.89. The van der Waals surface area contributed by atoms with Gasteiger partial charge in [-0.1, -0.05) is 71.1 Å². The first-order chi connectivity index (χ1) is 11.2. The lowest BCUT2D eigenvalue weighted by Gasteiger charge is -2.10. The molecule has 0 bridgehead atoms. The summed E-state index contributed by atoms with van der Waals surface area (Å²) in [5, 5.41) is 0. The Labute approximate surface area is 144 Å². The maximum absolute atomic E-state index is 2.31. The van der Waals surface area contributed by atoms with Crippen molar-refractivity contribution in [2.75, 3.05) is 19.0 Å². The predicted octanol–water partition coefficient (Wildman–Crippen LogP) is 5.74. The van der Waals surface area contributed by atoms with Crippen LogP contribution in [-0.2, 0) is 6.54 Å². The number of unbranched alkanes of at least 4 members (excludes halogenated alkanes) is 11. The average molecular weight is 320 g/mol. The van der Waals surface area contributed by atoms with E-state index in [0.29, 0.717) is 0 Å². The van der Waals surface area contributed by atoms with Gasteiger partial charge in [0, 0.05) is 38.3 Å². The highest BCUT2D eigenvalue weighted by Crippen LogP contribution is 2.12. The molecule has 0 aliphatic carbocycles. The van der Waals surface area contributed by atoms with Crippen molar-refractivity contribution in [1.82, 2.24) is 0 Å². The molecular formula is C21H39N2+. The molecule has 0 N–H and O–H groups in total. The Morgan fingerprint density at radius 2 is 1.13 bits per heavy atom. The van der Waals surface area contributed by atoms with Gasteiger partial charge in [0.2, 0.25) is 0 Å². The molecule has 132 valence electrons. The van der Waals surface area contributed by atoms with E-state index in [-0.39, 0.29) is 0 Å². The van der Waals surface area contributed by atoms with Gasteiger partial charge in [-0.25, -0.2) is 4.57 Å². The zero-order valence-electron chi connectivity index (χ0n) is 15.9. The number of pyridine rings is 1. The molecule has 23 heavy (non-hydrogen) atoms. The monoisotopic (exact) mass is 319 g/mol. The van der Waals surface area contributed by atoms with Crippen molar-refractivity contribution in [1.29, 1.82) is 0 Å². The topological polar surface area (TPSA) is 7.12 Å². The van der Waals surface area contributed by atoms with E-state index in [4.69, 9.17) is 0 Å². The second kappa shape index (κ2) is 13.4. The molecule has 0 unspecified atom stereocenters. The maximum Gasteiger partial charge on any atom is 0.170 e. The molecule has 1 aromatic heterocycles. The van der Waals surface area contributed by atoms with Crippen molar-refractivity contribution in [2.24, 2.45) is 0 Å². The Morgan fingerprint density at radius 3 is 1.57 bits per heavy atom. The lowest BCUT2D eigenvalue weighted by Crippen LogP contribution is -2.32. The quantitative estimate of drug-likeness (QED) is 0.313. The second-order valence-electron chi connectivity index (χ2n) is 7.08. The molecule has 1 rings (SSSR count). The number of anilines is 1. The molecule has 2 nitrogen and oxygen atoms in total. The van der Waals surface area contributed by atoms with E-state index in [1.807, 2.05) is 0 Å². The van der Waals surface area contributed by atoms with Crippen molar-refractivity contribution in [3.05, 3.63) is 24.5 Å². The molecule has 1 aromatic rings. The minimum atomic E-state index is 1.16. The fourth-order valence-electron chi connectivity index (χ4n) is 3.03. The fourth-order valence-corrected chi connectivity index (χ4v) is 3.03. The molecule has 0 spiro atoms. The largest absolute Gasteiger partial charge is 0.377 e. The molecule has 0 aliphatic heterocycles. The van der Waals surface area contributed by atoms with Gasteiger partial charge in [0.15, 0.2) is 12.4 Å². The van der Waals surface area contributed by atoms with E-state index in [0.717, 1.165) is 6.54 Å². The first-order valence-electron chi connectivity index (χ1n) is 9.90. The third-order valence-corrected chi connectivity index (χ3v) is 4.66. The van der Waals surface area contributed by atoms with Crippen molar-refractivity contribution < 1.29 is 4.57 Å². The molecule has 0 aromatic carbocycles. The van der Waals surface area contributed by atoms with Crippen LogP contribution in [0.25, 0.3) is 0 Å². The SMILES string of the molecule is CCCCCCCCCCCCCC[n+]1ccc(N(C)C)cc1. The Bertz CT molecular complexity index is 370. The van der Waals surface area contributed by atoms with Crippen LogP contribution in [0.5, 0.6) is 0 Å². The van der Waals surface area contributed by atoms with E-state index in [1.165, 1.54) is 82.7 Å². The number of nitrogens with zero attached hydrogens (tertiary/aromatic N) is 2. The standard InChI is InChI=1S/C21H39N2/c1-4-5-6-7-8-9-10-11-12-13-14-15-18-23-19-16-21(17-20-23)22(2)3/h16-17,19-20H,4-15,18H2,1-3H3/q+1. The van der Waals surface area contributed by atoms with Crippen LogP contribution in [-0.4, -0.2) is 14.1 Å². The molecule has 0 radical (unpaired) electrons. The zero-order valence-corrected chi connectivity index (χ0v) is 15.9. The minimum absolute atomic E-state index is 1.16. The number of hydrogen-bond acceptors (Lipinski definition) is 1. The number of aryl methyl sites for hydroxylation is 1. The highest BCUT2D eigenvalue weighted by atomic mass is 15.1. The summed E-state index contributed by atoms with van der Waals surface area (Å²) < 4.78 is 2.31. The van der Waals surface area contributed by atoms with Crippen molar-refractivity contribution in [3.63, 3.8) is 0 Å². The summed E-state index contributed by atoms with van der Waals surface area (Å²) in [7, 11) is 4.18. The van der Waals surface area contributed by atoms with E-state index < -0.39 is 0 Å². The third-order valence-electron chi connectivity index (χ3n) is 4.66. The van der Waals surface area contributed by atoms with Crippen molar-refractivity contribution in [2.45, 2.75) is 90.5 Å². The molecule has 0 saturated heterocycles. The summed E-state index contributed by atoms with van der Waals surface area (Å²) in [5.41, 5.74) is 1.27. The van der Waals surface area contributed by atoms with Gasteiger partial charge in [0.25, 0.3) is 0 Å². The van der Waals surface area contributed by atoms with Crippen LogP contribution >= 0.6 is 0 Å². The summed E-state index contributed by atoms with van der Waals surface area (Å²) in [6.07, 6.45) is 21.4. The van der Waals surface area contributed by atoms with Gasteiger partial charge in [-0.2, -0.15) is 0 Å². The van der Waals surface area contributed by atoms with Gasteiger partial charge < -0.3 is 4.90 Å². The van der Waals surface area contributed by atoms with Crippen LogP contribution < -0.4 is 9.47 Å². The molecule has 0 saturated carbocycles. The third kappa shape index (κ3) is 10.4. The number of hydrogen-bond donors (Lipinski definition) is 0. The number of aromatic nitrogens is 1. The van der Waals surface area contributed by atoms with Gasteiger partial charge in [0.05, 0.1) is 0 Å². The number of rotatable bonds is 14. The van der Waals surface area contributed by atoms with E-state index in [1.54, 1.807) is 0 Å². The Hall–Kier alpha value is -1.05. The molecule has 0 amide bonds. The average Bonchev–Trinajstić information content (AvgIpc) is 2.56. The fraction of sp³-hybridized carbons (Fsp3) is 0.762. The van der Waals surface area contributed by atoms with Crippen LogP contribution in [0.2, 0.25) is 0 Å². The van der Waals surface area contributed by atoms with E-state index in [2.05, 4.69) is 55.0 Å². The molecule has 0 aliphatic rings. The molecule has 1 heterocycles. The Kier molecular flexibility index (Phi) is 11.6. The molecule has 0 fully saturated rings. The highest BCUT2D eigenvalue weighted by Gasteiger charge is 2.02.